The maximum atomic E-state index is 10.0. The van der Waals surface area contributed by atoms with E-state index in [4.69, 9.17) is 4.74 Å². The monoisotopic (exact) mass is 282 g/mol. The molecule has 0 amide bonds. The molecule has 86 valence electrons. The highest BCUT2D eigenvalue weighted by molar-refractivity contribution is 9.10. The molecule has 0 heterocycles. The molecule has 3 heteroatoms. The number of hydrogen-bond donors (Lipinski definition) is 1. The highest BCUT2D eigenvalue weighted by Crippen LogP contribution is 2.47. The van der Waals surface area contributed by atoms with Crippen molar-refractivity contribution in [1.82, 2.24) is 0 Å². The molecule has 0 spiro atoms. The minimum atomic E-state index is -0.571. The van der Waals surface area contributed by atoms with E-state index in [1.165, 1.54) is 12.8 Å². The van der Waals surface area contributed by atoms with Gasteiger partial charge in [0.1, 0.15) is 5.75 Å². The lowest BCUT2D eigenvalue weighted by Crippen LogP contribution is -2.06. The van der Waals surface area contributed by atoms with E-state index in [2.05, 4.69) is 15.9 Å². The number of aliphatic hydroxyl groups is 1. The van der Waals surface area contributed by atoms with Crippen LogP contribution in [0.1, 0.15) is 31.2 Å². The Morgan fingerprint density at radius 2 is 2.12 bits per heavy atom. The molecular formula is C13H15BrO2. The molecule has 0 aromatic heterocycles. The van der Waals surface area contributed by atoms with E-state index in [-0.39, 0.29) is 0 Å². The van der Waals surface area contributed by atoms with Gasteiger partial charge in [-0.05, 0) is 65.2 Å². The highest BCUT2D eigenvalue weighted by atomic mass is 79.9. The van der Waals surface area contributed by atoms with E-state index in [1.807, 2.05) is 18.2 Å². The van der Waals surface area contributed by atoms with Crippen molar-refractivity contribution in [3.05, 3.63) is 28.2 Å². The van der Waals surface area contributed by atoms with Crippen LogP contribution >= 0.6 is 15.9 Å². The SMILES string of the molecule is OC1(c2ccc(Br)c(OCC3CC3)c2)CC1. The molecule has 1 aromatic carbocycles. The molecule has 0 bridgehead atoms. The summed E-state index contributed by atoms with van der Waals surface area (Å²) in [5.74, 6) is 1.62. The molecule has 2 aliphatic carbocycles. The largest absolute Gasteiger partial charge is 0.492 e. The van der Waals surface area contributed by atoms with Gasteiger partial charge in [-0.2, -0.15) is 0 Å². The lowest BCUT2D eigenvalue weighted by Gasteiger charge is -2.12. The van der Waals surface area contributed by atoms with Crippen LogP contribution in [0.4, 0.5) is 0 Å². The average Bonchev–Trinajstić information content (AvgIpc) is 3.14. The summed E-state index contributed by atoms with van der Waals surface area (Å²) in [5, 5.41) is 10.0. The summed E-state index contributed by atoms with van der Waals surface area (Å²) in [4.78, 5) is 0. The zero-order valence-electron chi connectivity index (χ0n) is 9.08. The summed E-state index contributed by atoms with van der Waals surface area (Å²) in [6, 6.07) is 5.91. The molecule has 1 N–H and O–H groups in total. The third-order valence-corrected chi connectivity index (χ3v) is 4.02. The third kappa shape index (κ3) is 2.11. The van der Waals surface area contributed by atoms with Crippen molar-refractivity contribution < 1.29 is 9.84 Å². The first-order chi connectivity index (χ1) is 7.67. The normalized spacial score (nSPS) is 21.9. The molecule has 16 heavy (non-hydrogen) atoms. The fourth-order valence-electron chi connectivity index (χ4n) is 1.80. The molecule has 2 aliphatic rings. The van der Waals surface area contributed by atoms with Gasteiger partial charge in [0.2, 0.25) is 0 Å². The topological polar surface area (TPSA) is 29.5 Å². The van der Waals surface area contributed by atoms with Crippen molar-refractivity contribution in [1.29, 1.82) is 0 Å². The van der Waals surface area contributed by atoms with Crippen molar-refractivity contribution >= 4 is 15.9 Å². The molecule has 0 atom stereocenters. The molecular weight excluding hydrogens is 268 g/mol. The van der Waals surface area contributed by atoms with Crippen LogP contribution in [-0.2, 0) is 5.60 Å². The molecule has 1 aromatic rings. The minimum absolute atomic E-state index is 0.571. The van der Waals surface area contributed by atoms with Crippen LogP contribution in [0, 0.1) is 5.92 Å². The van der Waals surface area contributed by atoms with Gasteiger partial charge in [0, 0.05) is 0 Å². The Morgan fingerprint density at radius 3 is 2.75 bits per heavy atom. The molecule has 0 saturated heterocycles. The van der Waals surface area contributed by atoms with Crippen molar-refractivity contribution in [3.8, 4) is 5.75 Å². The van der Waals surface area contributed by atoms with Gasteiger partial charge in [0.25, 0.3) is 0 Å². The van der Waals surface area contributed by atoms with Crippen molar-refractivity contribution in [2.45, 2.75) is 31.3 Å². The maximum absolute atomic E-state index is 10.0. The second kappa shape index (κ2) is 3.74. The smallest absolute Gasteiger partial charge is 0.133 e. The average molecular weight is 283 g/mol. The summed E-state index contributed by atoms with van der Waals surface area (Å²) in [6.45, 7) is 0.806. The number of benzene rings is 1. The van der Waals surface area contributed by atoms with Crippen LogP contribution in [0.25, 0.3) is 0 Å². The van der Waals surface area contributed by atoms with Gasteiger partial charge in [0.05, 0.1) is 16.7 Å². The van der Waals surface area contributed by atoms with Gasteiger partial charge in [-0.15, -0.1) is 0 Å². The number of halogens is 1. The molecule has 2 saturated carbocycles. The maximum Gasteiger partial charge on any atom is 0.133 e. The minimum Gasteiger partial charge on any atom is -0.492 e. The summed E-state index contributed by atoms with van der Waals surface area (Å²) >= 11 is 3.48. The number of hydrogen-bond acceptors (Lipinski definition) is 2. The van der Waals surface area contributed by atoms with Gasteiger partial charge in [0.15, 0.2) is 0 Å². The Morgan fingerprint density at radius 1 is 1.38 bits per heavy atom. The highest BCUT2D eigenvalue weighted by Gasteiger charge is 2.42. The zero-order valence-corrected chi connectivity index (χ0v) is 10.7. The summed E-state index contributed by atoms with van der Waals surface area (Å²) in [5.41, 5.74) is 0.416. The third-order valence-electron chi connectivity index (χ3n) is 3.36. The second-order valence-corrected chi connectivity index (χ2v) is 5.79. The van der Waals surface area contributed by atoms with Gasteiger partial charge in [-0.1, -0.05) is 6.07 Å². The predicted molar refractivity (Wildman–Crippen MR) is 65.5 cm³/mol. The van der Waals surface area contributed by atoms with E-state index in [9.17, 15) is 5.11 Å². The fraction of sp³-hybridized carbons (Fsp3) is 0.538. The second-order valence-electron chi connectivity index (χ2n) is 4.93. The standard InChI is InChI=1S/C13H15BrO2/c14-11-4-3-10(13(15)5-6-13)7-12(11)16-8-9-1-2-9/h3-4,7,9,15H,1-2,5-6,8H2. The number of rotatable bonds is 4. The first-order valence-electron chi connectivity index (χ1n) is 5.83. The molecule has 0 aliphatic heterocycles. The van der Waals surface area contributed by atoms with Crippen LogP contribution in [0.2, 0.25) is 0 Å². The van der Waals surface area contributed by atoms with Crippen molar-refractivity contribution in [3.63, 3.8) is 0 Å². The Hall–Kier alpha value is -0.540. The van der Waals surface area contributed by atoms with Crippen LogP contribution < -0.4 is 4.74 Å². The fourth-order valence-corrected chi connectivity index (χ4v) is 2.16. The Bertz CT molecular complexity index is 408. The van der Waals surface area contributed by atoms with Crippen LogP contribution in [0.15, 0.2) is 22.7 Å². The van der Waals surface area contributed by atoms with Gasteiger partial charge < -0.3 is 9.84 Å². The number of ether oxygens (including phenoxy) is 1. The lowest BCUT2D eigenvalue weighted by atomic mass is 10.1. The summed E-state index contributed by atoms with van der Waals surface area (Å²) in [6.07, 6.45) is 4.33. The molecule has 0 radical (unpaired) electrons. The first kappa shape index (κ1) is 10.6. The molecule has 2 fully saturated rings. The Kier molecular flexibility index (Phi) is 2.48. The predicted octanol–water partition coefficient (Wildman–Crippen LogP) is 3.22. The lowest BCUT2D eigenvalue weighted by molar-refractivity contribution is 0.151. The molecule has 2 nitrogen and oxygen atoms in total. The van der Waals surface area contributed by atoms with Gasteiger partial charge >= 0.3 is 0 Å². The summed E-state index contributed by atoms with van der Waals surface area (Å²) < 4.78 is 6.74. The quantitative estimate of drug-likeness (QED) is 0.919. The Labute approximate surface area is 104 Å². The Balaban J connectivity index is 1.78. The first-order valence-corrected chi connectivity index (χ1v) is 6.62. The van der Waals surface area contributed by atoms with Gasteiger partial charge in [-0.3, -0.25) is 0 Å². The van der Waals surface area contributed by atoms with E-state index >= 15 is 0 Å². The van der Waals surface area contributed by atoms with Gasteiger partial charge in [-0.25, -0.2) is 0 Å². The van der Waals surface area contributed by atoms with Crippen molar-refractivity contribution in [2.75, 3.05) is 6.61 Å². The van der Waals surface area contributed by atoms with E-state index in [0.717, 1.165) is 41.2 Å². The van der Waals surface area contributed by atoms with Crippen LogP contribution in [-0.4, -0.2) is 11.7 Å². The zero-order chi connectivity index (χ0) is 11.2. The van der Waals surface area contributed by atoms with E-state index in [0.29, 0.717) is 0 Å². The van der Waals surface area contributed by atoms with Crippen LogP contribution in [0.5, 0.6) is 5.75 Å². The summed E-state index contributed by atoms with van der Waals surface area (Å²) in [7, 11) is 0. The molecule has 0 unspecified atom stereocenters. The molecule has 3 rings (SSSR count). The van der Waals surface area contributed by atoms with Crippen LogP contribution in [0.3, 0.4) is 0 Å². The van der Waals surface area contributed by atoms with Crippen molar-refractivity contribution in [2.24, 2.45) is 5.92 Å². The van der Waals surface area contributed by atoms with E-state index in [1.54, 1.807) is 0 Å². The van der Waals surface area contributed by atoms with E-state index < -0.39 is 5.60 Å².